The van der Waals surface area contributed by atoms with E-state index in [4.69, 9.17) is 37.8 Å². The Labute approximate surface area is 170 Å². The zero-order valence-corrected chi connectivity index (χ0v) is 17.3. The topological polar surface area (TPSA) is 67.8 Å². The van der Waals surface area contributed by atoms with Gasteiger partial charge in [-0.05, 0) is 36.8 Å². The fourth-order valence-electron chi connectivity index (χ4n) is 2.13. The largest absolute Gasteiger partial charge is 0.493 e. The van der Waals surface area contributed by atoms with E-state index in [1.807, 2.05) is 0 Å². The minimum atomic E-state index is -0.909. The summed E-state index contributed by atoms with van der Waals surface area (Å²) in [4.78, 5) is 10.9. The summed E-state index contributed by atoms with van der Waals surface area (Å²) in [5.41, 5.74) is 1.65. The number of hydrogen-bond acceptors (Lipinski definition) is 4. The molecule has 1 atom stereocenters. The number of carbonyl (C=O) groups is 1. The van der Waals surface area contributed by atoms with Crippen molar-refractivity contribution in [1.82, 2.24) is 5.32 Å². The number of rotatable bonds is 8. The standard InChI is InChI=1S/C18H18BrCl2NO4/c1-10(18(23)24)22-8-12-5-16(25-2)17(7-14(12)19)26-9-11-3-4-13(20)6-15(11)21/h3-7,10,22H,8-9H2,1-2H3,(H,23,24). The van der Waals surface area contributed by atoms with E-state index in [-0.39, 0.29) is 6.61 Å². The molecule has 0 aliphatic carbocycles. The molecule has 2 rings (SSSR count). The number of carboxylic acid groups (broad SMARTS) is 1. The second-order valence-electron chi connectivity index (χ2n) is 5.56. The van der Waals surface area contributed by atoms with E-state index in [2.05, 4.69) is 21.2 Å². The summed E-state index contributed by atoms with van der Waals surface area (Å²) in [6.45, 7) is 2.21. The van der Waals surface area contributed by atoms with Crippen molar-refractivity contribution in [3.8, 4) is 11.5 Å². The summed E-state index contributed by atoms with van der Waals surface area (Å²) >= 11 is 15.5. The lowest BCUT2D eigenvalue weighted by Gasteiger charge is -2.16. The van der Waals surface area contributed by atoms with Gasteiger partial charge in [0.25, 0.3) is 0 Å². The van der Waals surface area contributed by atoms with Crippen molar-refractivity contribution in [3.05, 3.63) is 56.0 Å². The average molecular weight is 463 g/mol. The van der Waals surface area contributed by atoms with Crippen LogP contribution in [-0.2, 0) is 17.9 Å². The van der Waals surface area contributed by atoms with Crippen molar-refractivity contribution in [3.63, 3.8) is 0 Å². The van der Waals surface area contributed by atoms with E-state index in [0.29, 0.717) is 28.1 Å². The van der Waals surface area contributed by atoms with Gasteiger partial charge in [0.2, 0.25) is 0 Å². The molecule has 140 valence electrons. The van der Waals surface area contributed by atoms with Crippen molar-refractivity contribution in [2.75, 3.05) is 7.11 Å². The van der Waals surface area contributed by atoms with E-state index >= 15 is 0 Å². The number of hydrogen-bond donors (Lipinski definition) is 2. The second kappa shape index (κ2) is 9.46. The second-order valence-corrected chi connectivity index (χ2v) is 7.26. The summed E-state index contributed by atoms with van der Waals surface area (Å²) in [7, 11) is 1.54. The van der Waals surface area contributed by atoms with Crippen LogP contribution in [-0.4, -0.2) is 24.2 Å². The van der Waals surface area contributed by atoms with Crippen molar-refractivity contribution >= 4 is 45.1 Å². The fraction of sp³-hybridized carbons (Fsp3) is 0.278. The summed E-state index contributed by atoms with van der Waals surface area (Å²) in [6.07, 6.45) is 0. The molecule has 2 aromatic rings. The molecule has 2 N–H and O–H groups in total. The van der Waals surface area contributed by atoms with Crippen LogP contribution in [0.1, 0.15) is 18.1 Å². The monoisotopic (exact) mass is 461 g/mol. The smallest absolute Gasteiger partial charge is 0.320 e. The van der Waals surface area contributed by atoms with Crippen LogP contribution < -0.4 is 14.8 Å². The first-order valence-electron chi connectivity index (χ1n) is 7.71. The van der Waals surface area contributed by atoms with E-state index in [1.165, 1.54) is 0 Å². The van der Waals surface area contributed by atoms with Gasteiger partial charge in [0.15, 0.2) is 11.5 Å². The first-order chi connectivity index (χ1) is 12.3. The molecule has 0 fully saturated rings. The molecular weight excluding hydrogens is 445 g/mol. The molecule has 0 saturated heterocycles. The lowest BCUT2D eigenvalue weighted by atomic mass is 10.2. The maximum Gasteiger partial charge on any atom is 0.320 e. The first kappa shape index (κ1) is 20.8. The molecule has 26 heavy (non-hydrogen) atoms. The molecular formula is C18H18BrCl2NO4. The fourth-order valence-corrected chi connectivity index (χ4v) is 3.06. The lowest BCUT2D eigenvalue weighted by molar-refractivity contribution is -0.139. The Morgan fingerprint density at radius 2 is 1.96 bits per heavy atom. The van der Waals surface area contributed by atoms with Crippen molar-refractivity contribution in [1.29, 1.82) is 0 Å². The van der Waals surface area contributed by atoms with Crippen LogP contribution in [0, 0.1) is 0 Å². The number of aliphatic carboxylic acids is 1. The molecule has 0 amide bonds. The molecule has 0 heterocycles. The Kier molecular flexibility index (Phi) is 7.58. The predicted molar refractivity (Wildman–Crippen MR) is 105 cm³/mol. The van der Waals surface area contributed by atoms with Gasteiger partial charge in [-0.25, -0.2) is 0 Å². The molecule has 0 radical (unpaired) electrons. The Balaban J connectivity index is 2.13. The molecule has 0 aromatic heterocycles. The molecule has 0 aliphatic rings. The Morgan fingerprint density at radius 1 is 1.23 bits per heavy atom. The van der Waals surface area contributed by atoms with Gasteiger partial charge in [0.1, 0.15) is 12.6 Å². The lowest BCUT2D eigenvalue weighted by Crippen LogP contribution is -2.33. The number of halogens is 3. The highest BCUT2D eigenvalue weighted by Crippen LogP contribution is 2.34. The zero-order chi connectivity index (χ0) is 19.3. The highest BCUT2D eigenvalue weighted by Gasteiger charge is 2.14. The Hall–Kier alpha value is -1.47. The van der Waals surface area contributed by atoms with Gasteiger partial charge in [0.05, 0.1) is 7.11 Å². The van der Waals surface area contributed by atoms with Crippen molar-refractivity contribution in [2.45, 2.75) is 26.1 Å². The number of methoxy groups -OCH3 is 1. The minimum absolute atomic E-state index is 0.256. The van der Waals surface area contributed by atoms with Crippen LogP contribution in [0.3, 0.4) is 0 Å². The molecule has 0 spiro atoms. The molecule has 1 unspecified atom stereocenters. The van der Waals surface area contributed by atoms with Crippen LogP contribution in [0.15, 0.2) is 34.8 Å². The molecule has 0 saturated carbocycles. The van der Waals surface area contributed by atoms with E-state index < -0.39 is 12.0 Å². The van der Waals surface area contributed by atoms with Gasteiger partial charge < -0.3 is 19.9 Å². The summed E-state index contributed by atoms with van der Waals surface area (Å²) in [6, 6.07) is 8.13. The van der Waals surface area contributed by atoms with Crippen molar-refractivity contribution < 1.29 is 19.4 Å². The molecule has 2 aromatic carbocycles. The summed E-state index contributed by atoms with van der Waals surface area (Å²) < 4.78 is 12.0. The van der Waals surface area contributed by atoms with Gasteiger partial charge in [-0.3, -0.25) is 4.79 Å². The third kappa shape index (κ3) is 5.51. The quantitative estimate of drug-likeness (QED) is 0.583. The van der Waals surface area contributed by atoms with Gasteiger partial charge in [-0.2, -0.15) is 0 Å². The summed E-state index contributed by atoms with van der Waals surface area (Å²) in [5, 5.41) is 13.0. The maximum atomic E-state index is 10.9. The SMILES string of the molecule is COc1cc(CNC(C)C(=O)O)c(Br)cc1OCc1ccc(Cl)cc1Cl. The van der Waals surface area contributed by atoms with E-state index in [9.17, 15) is 4.79 Å². The normalized spacial score (nSPS) is 11.9. The van der Waals surface area contributed by atoms with Crippen LogP contribution >= 0.6 is 39.1 Å². The third-order valence-electron chi connectivity index (χ3n) is 3.70. The highest BCUT2D eigenvalue weighted by atomic mass is 79.9. The predicted octanol–water partition coefficient (Wildman–Crippen LogP) is 4.91. The Bertz CT molecular complexity index is 801. The van der Waals surface area contributed by atoms with Gasteiger partial charge in [-0.1, -0.05) is 45.2 Å². The van der Waals surface area contributed by atoms with Gasteiger partial charge in [-0.15, -0.1) is 0 Å². The maximum absolute atomic E-state index is 10.9. The van der Waals surface area contributed by atoms with Crippen LogP contribution in [0.2, 0.25) is 10.0 Å². The number of nitrogens with one attached hydrogen (secondary N) is 1. The Morgan fingerprint density at radius 3 is 2.58 bits per heavy atom. The number of benzene rings is 2. The highest BCUT2D eigenvalue weighted by molar-refractivity contribution is 9.10. The first-order valence-corrected chi connectivity index (χ1v) is 9.26. The summed E-state index contributed by atoms with van der Waals surface area (Å²) in [5.74, 6) is 0.173. The van der Waals surface area contributed by atoms with Crippen LogP contribution in [0.25, 0.3) is 0 Å². The van der Waals surface area contributed by atoms with E-state index in [0.717, 1.165) is 15.6 Å². The van der Waals surface area contributed by atoms with Crippen LogP contribution in [0.5, 0.6) is 11.5 Å². The molecule has 5 nitrogen and oxygen atoms in total. The molecule has 0 aliphatic heterocycles. The van der Waals surface area contributed by atoms with E-state index in [1.54, 1.807) is 44.4 Å². The molecule has 0 bridgehead atoms. The van der Waals surface area contributed by atoms with Gasteiger partial charge >= 0.3 is 5.97 Å². The number of carboxylic acids is 1. The minimum Gasteiger partial charge on any atom is -0.493 e. The molecule has 8 heteroatoms. The van der Waals surface area contributed by atoms with Gasteiger partial charge in [0, 0.05) is 26.6 Å². The van der Waals surface area contributed by atoms with Crippen LogP contribution in [0.4, 0.5) is 0 Å². The zero-order valence-electron chi connectivity index (χ0n) is 14.2. The average Bonchev–Trinajstić information content (AvgIpc) is 2.59. The third-order valence-corrected chi connectivity index (χ3v) is 5.03. The van der Waals surface area contributed by atoms with Crippen molar-refractivity contribution in [2.24, 2.45) is 0 Å². The number of ether oxygens (including phenoxy) is 2.